The van der Waals surface area contributed by atoms with Gasteiger partial charge in [-0.3, -0.25) is 4.79 Å². The van der Waals surface area contributed by atoms with E-state index in [1.54, 1.807) is 0 Å². The quantitative estimate of drug-likeness (QED) is 0.647. The van der Waals surface area contributed by atoms with Crippen LogP contribution in [0.15, 0.2) is 6.07 Å². The summed E-state index contributed by atoms with van der Waals surface area (Å²) in [6.07, 6.45) is 1.48. The van der Waals surface area contributed by atoms with Crippen LogP contribution in [-0.4, -0.2) is 30.3 Å². The zero-order valence-electron chi connectivity index (χ0n) is 8.11. The molecule has 0 fully saturated rings. The van der Waals surface area contributed by atoms with Crippen molar-refractivity contribution in [1.29, 1.82) is 0 Å². The van der Waals surface area contributed by atoms with Gasteiger partial charge in [0.05, 0.1) is 0 Å². The number of nitrogens with zero attached hydrogens (tertiary/aromatic N) is 3. The first-order valence-electron chi connectivity index (χ1n) is 4.17. The zero-order chi connectivity index (χ0) is 9.84. The molecule has 0 atom stereocenters. The van der Waals surface area contributed by atoms with Gasteiger partial charge in [0.15, 0.2) is 12.1 Å². The molecule has 1 heterocycles. The minimum atomic E-state index is 0.253. The fourth-order valence-electron chi connectivity index (χ4n) is 0.966. The van der Waals surface area contributed by atoms with Gasteiger partial charge in [0.1, 0.15) is 5.82 Å². The van der Waals surface area contributed by atoms with Crippen LogP contribution in [0.4, 0.5) is 5.82 Å². The minimum Gasteiger partial charge on any atom is -0.363 e. The Hall–Kier alpha value is -1.45. The first kappa shape index (κ1) is 9.64. The zero-order valence-corrected chi connectivity index (χ0v) is 8.11. The van der Waals surface area contributed by atoms with Crippen molar-refractivity contribution in [2.24, 2.45) is 0 Å². The molecule has 0 N–H and O–H groups in total. The van der Waals surface area contributed by atoms with Gasteiger partial charge in [-0.25, -0.2) is 9.97 Å². The highest BCUT2D eigenvalue weighted by Crippen LogP contribution is 2.09. The highest BCUT2D eigenvalue weighted by Gasteiger charge is 2.03. The highest BCUT2D eigenvalue weighted by atomic mass is 16.1. The average Bonchev–Trinajstić information content (AvgIpc) is 2.16. The number of rotatable bonds is 3. The first-order chi connectivity index (χ1) is 6.17. The van der Waals surface area contributed by atoms with E-state index >= 15 is 0 Å². The van der Waals surface area contributed by atoms with E-state index in [0.29, 0.717) is 6.29 Å². The Bertz CT molecular complexity index is 310. The van der Waals surface area contributed by atoms with Crippen LogP contribution in [0.5, 0.6) is 0 Å². The summed E-state index contributed by atoms with van der Waals surface area (Å²) in [6, 6.07) is 1.88. The molecular weight excluding hydrogens is 166 g/mol. The molecule has 4 nitrogen and oxygen atoms in total. The minimum absolute atomic E-state index is 0.253. The van der Waals surface area contributed by atoms with Gasteiger partial charge < -0.3 is 4.90 Å². The van der Waals surface area contributed by atoms with E-state index in [-0.39, 0.29) is 5.82 Å². The SMILES string of the molecule is CCc1cc(N(C)C)nc(C=O)n1. The molecule has 13 heavy (non-hydrogen) atoms. The molecule has 0 aromatic carbocycles. The smallest absolute Gasteiger partial charge is 0.194 e. The number of aryl methyl sites for hydroxylation is 1. The van der Waals surface area contributed by atoms with Crippen LogP contribution >= 0.6 is 0 Å². The molecule has 0 aliphatic heterocycles. The summed E-state index contributed by atoms with van der Waals surface area (Å²) in [5.41, 5.74) is 0.890. The van der Waals surface area contributed by atoms with Crippen LogP contribution in [-0.2, 0) is 6.42 Å². The van der Waals surface area contributed by atoms with Gasteiger partial charge in [0, 0.05) is 25.9 Å². The second-order valence-corrected chi connectivity index (χ2v) is 2.94. The van der Waals surface area contributed by atoms with Crippen molar-refractivity contribution in [2.45, 2.75) is 13.3 Å². The van der Waals surface area contributed by atoms with Crippen molar-refractivity contribution < 1.29 is 4.79 Å². The molecule has 1 aromatic heterocycles. The standard InChI is InChI=1S/C9H13N3O/c1-4-7-5-9(12(2)3)11-8(6-13)10-7/h5-6H,4H2,1-3H3. The van der Waals surface area contributed by atoms with Crippen LogP contribution in [0, 0.1) is 0 Å². The lowest BCUT2D eigenvalue weighted by molar-refractivity contribution is 0.111. The monoisotopic (exact) mass is 179 g/mol. The van der Waals surface area contributed by atoms with Crippen LogP contribution in [0.25, 0.3) is 0 Å². The molecule has 0 saturated heterocycles. The molecular formula is C9H13N3O. The van der Waals surface area contributed by atoms with Crippen molar-refractivity contribution in [1.82, 2.24) is 9.97 Å². The van der Waals surface area contributed by atoms with Crippen molar-refractivity contribution in [3.8, 4) is 0 Å². The summed E-state index contributed by atoms with van der Waals surface area (Å²) >= 11 is 0. The van der Waals surface area contributed by atoms with E-state index in [1.807, 2.05) is 32.0 Å². The molecule has 1 aromatic rings. The number of carbonyl (C=O) groups is 1. The molecule has 0 spiro atoms. The van der Waals surface area contributed by atoms with Crippen molar-refractivity contribution in [2.75, 3.05) is 19.0 Å². The summed E-state index contributed by atoms with van der Waals surface area (Å²) in [5.74, 6) is 1.03. The van der Waals surface area contributed by atoms with E-state index in [1.165, 1.54) is 0 Å². The largest absolute Gasteiger partial charge is 0.363 e. The highest BCUT2D eigenvalue weighted by molar-refractivity contribution is 5.69. The number of aromatic nitrogens is 2. The molecule has 0 bridgehead atoms. The van der Waals surface area contributed by atoms with E-state index < -0.39 is 0 Å². The fraction of sp³-hybridized carbons (Fsp3) is 0.444. The third-order valence-electron chi connectivity index (χ3n) is 1.71. The molecule has 0 unspecified atom stereocenters. The lowest BCUT2D eigenvalue weighted by Crippen LogP contribution is -2.13. The maximum absolute atomic E-state index is 10.5. The summed E-state index contributed by atoms with van der Waals surface area (Å²) in [5, 5.41) is 0. The number of hydrogen-bond acceptors (Lipinski definition) is 4. The Morgan fingerprint density at radius 3 is 2.62 bits per heavy atom. The number of anilines is 1. The maximum atomic E-state index is 10.5. The van der Waals surface area contributed by atoms with Crippen LogP contribution in [0.3, 0.4) is 0 Å². The molecule has 0 saturated carbocycles. The topological polar surface area (TPSA) is 46.1 Å². The molecule has 0 aliphatic rings. The third kappa shape index (κ3) is 2.24. The van der Waals surface area contributed by atoms with Crippen LogP contribution < -0.4 is 4.90 Å². The molecule has 0 amide bonds. The van der Waals surface area contributed by atoms with Gasteiger partial charge in [-0.15, -0.1) is 0 Å². The Balaban J connectivity index is 3.14. The summed E-state index contributed by atoms with van der Waals surface area (Å²) in [4.78, 5) is 20.5. The average molecular weight is 179 g/mol. The molecule has 4 heteroatoms. The summed E-state index contributed by atoms with van der Waals surface area (Å²) < 4.78 is 0. The lowest BCUT2D eigenvalue weighted by atomic mass is 10.3. The van der Waals surface area contributed by atoms with Gasteiger partial charge >= 0.3 is 0 Å². The Morgan fingerprint density at radius 1 is 1.46 bits per heavy atom. The van der Waals surface area contributed by atoms with Crippen molar-refractivity contribution in [3.63, 3.8) is 0 Å². The Kier molecular flexibility index (Phi) is 2.95. The van der Waals surface area contributed by atoms with Gasteiger partial charge in [-0.05, 0) is 6.42 Å². The molecule has 1 rings (SSSR count). The summed E-state index contributed by atoms with van der Waals surface area (Å²) in [7, 11) is 3.77. The van der Waals surface area contributed by atoms with Gasteiger partial charge in [-0.1, -0.05) is 6.92 Å². The third-order valence-corrected chi connectivity index (χ3v) is 1.71. The van der Waals surface area contributed by atoms with Gasteiger partial charge in [-0.2, -0.15) is 0 Å². The molecule has 70 valence electrons. The fourth-order valence-corrected chi connectivity index (χ4v) is 0.966. The maximum Gasteiger partial charge on any atom is 0.194 e. The van der Waals surface area contributed by atoms with Gasteiger partial charge in [0.25, 0.3) is 0 Å². The lowest BCUT2D eigenvalue weighted by Gasteiger charge is -2.11. The second kappa shape index (κ2) is 3.98. The van der Waals surface area contributed by atoms with Crippen molar-refractivity contribution in [3.05, 3.63) is 17.6 Å². The predicted molar refractivity (Wildman–Crippen MR) is 51.1 cm³/mol. The van der Waals surface area contributed by atoms with Gasteiger partial charge in [0.2, 0.25) is 0 Å². The van der Waals surface area contributed by atoms with E-state index in [9.17, 15) is 4.79 Å². The Morgan fingerprint density at radius 2 is 2.15 bits per heavy atom. The van der Waals surface area contributed by atoms with Crippen LogP contribution in [0.2, 0.25) is 0 Å². The number of aldehydes is 1. The summed E-state index contributed by atoms with van der Waals surface area (Å²) in [6.45, 7) is 2.00. The second-order valence-electron chi connectivity index (χ2n) is 2.94. The van der Waals surface area contributed by atoms with Crippen molar-refractivity contribution >= 4 is 12.1 Å². The predicted octanol–water partition coefficient (Wildman–Crippen LogP) is 0.917. The van der Waals surface area contributed by atoms with Crippen LogP contribution in [0.1, 0.15) is 23.2 Å². The molecule has 0 radical (unpaired) electrons. The normalized spacial score (nSPS) is 9.77. The first-order valence-corrected chi connectivity index (χ1v) is 4.17. The Labute approximate surface area is 77.6 Å². The van der Waals surface area contributed by atoms with E-state index in [0.717, 1.165) is 17.9 Å². The van der Waals surface area contributed by atoms with E-state index in [4.69, 9.17) is 0 Å². The number of hydrogen-bond donors (Lipinski definition) is 0. The van der Waals surface area contributed by atoms with E-state index in [2.05, 4.69) is 9.97 Å². The molecule has 0 aliphatic carbocycles. The number of carbonyl (C=O) groups excluding carboxylic acids is 1.